The van der Waals surface area contributed by atoms with E-state index in [9.17, 15) is 14.4 Å². The molecule has 2 atom stereocenters. The molecule has 2 unspecified atom stereocenters. The summed E-state index contributed by atoms with van der Waals surface area (Å²) in [6.07, 6.45) is 4.01. The van der Waals surface area contributed by atoms with Gasteiger partial charge < -0.3 is 20.3 Å². The molecule has 0 bridgehead atoms. The maximum absolute atomic E-state index is 13.0. The van der Waals surface area contributed by atoms with Crippen molar-refractivity contribution in [3.63, 3.8) is 0 Å². The second-order valence-electron chi connectivity index (χ2n) is 9.25. The lowest BCUT2D eigenvalue weighted by atomic mass is 9.69. The topological polar surface area (TPSA) is 99.8 Å². The van der Waals surface area contributed by atoms with Gasteiger partial charge in [0, 0.05) is 50.9 Å². The van der Waals surface area contributed by atoms with E-state index in [2.05, 4.69) is 22.0 Å². The van der Waals surface area contributed by atoms with Gasteiger partial charge in [-0.15, -0.1) is 0 Å². The zero-order chi connectivity index (χ0) is 21.4. The Morgan fingerprint density at radius 1 is 1.16 bits per heavy atom. The Hall–Kier alpha value is -2.29. The number of rotatable bonds is 4. The van der Waals surface area contributed by atoms with Gasteiger partial charge in [0.15, 0.2) is 0 Å². The molecular weight excluding hydrogens is 396 g/mol. The van der Waals surface area contributed by atoms with Crippen LogP contribution in [0.2, 0.25) is 0 Å². The van der Waals surface area contributed by atoms with Gasteiger partial charge in [0.2, 0.25) is 11.8 Å². The second kappa shape index (κ2) is 8.33. The van der Waals surface area contributed by atoms with Crippen molar-refractivity contribution in [1.82, 2.24) is 20.9 Å². The van der Waals surface area contributed by atoms with E-state index in [-0.39, 0.29) is 24.1 Å². The van der Waals surface area contributed by atoms with Crippen LogP contribution in [0, 0.1) is 5.41 Å². The van der Waals surface area contributed by atoms with E-state index in [1.165, 1.54) is 0 Å². The first-order chi connectivity index (χ1) is 15.1. The summed E-state index contributed by atoms with van der Waals surface area (Å²) in [4.78, 5) is 38.3. The van der Waals surface area contributed by atoms with Gasteiger partial charge in [0.1, 0.15) is 6.04 Å². The quantitative estimate of drug-likeness (QED) is 0.613. The molecule has 8 heteroatoms. The highest BCUT2D eigenvalue weighted by Gasteiger charge is 2.42. The highest BCUT2D eigenvalue weighted by Crippen LogP contribution is 2.39. The fraction of sp³-hybridized carbons (Fsp3) is 0.609. The number of benzene rings is 1. The standard InChI is InChI=1S/C23H30N4O4/c28-20-4-3-18(21(29)26-20)27-14-16-2-1-15(11-17(16)22(27)30)12-25-19-13-24-8-5-23(19)6-9-31-10-7-23/h1-2,11,18-19,24-25H,3-10,12-14H2,(H,26,28,29). The lowest BCUT2D eigenvalue weighted by molar-refractivity contribution is -0.136. The third-order valence-electron chi connectivity index (χ3n) is 7.52. The lowest BCUT2D eigenvalue weighted by Crippen LogP contribution is -2.57. The molecule has 1 aromatic carbocycles. The summed E-state index contributed by atoms with van der Waals surface area (Å²) in [5.41, 5.74) is 2.98. The summed E-state index contributed by atoms with van der Waals surface area (Å²) in [6, 6.07) is 5.85. The Labute approximate surface area is 182 Å². The molecular formula is C23H30N4O4. The van der Waals surface area contributed by atoms with Gasteiger partial charge in [-0.1, -0.05) is 12.1 Å². The number of fused-ring (bicyclic) bond motifs is 1. The molecule has 31 heavy (non-hydrogen) atoms. The number of ether oxygens (including phenoxy) is 1. The summed E-state index contributed by atoms with van der Waals surface area (Å²) in [6.45, 7) is 4.80. The van der Waals surface area contributed by atoms with E-state index in [4.69, 9.17) is 4.74 Å². The highest BCUT2D eigenvalue weighted by atomic mass is 16.5. The highest BCUT2D eigenvalue weighted by molar-refractivity contribution is 6.05. The Morgan fingerprint density at radius 3 is 2.81 bits per heavy atom. The average Bonchev–Trinajstić information content (AvgIpc) is 3.10. The third kappa shape index (κ3) is 3.88. The van der Waals surface area contributed by atoms with Gasteiger partial charge in [-0.25, -0.2) is 0 Å². The normalized spacial score (nSPS) is 28.0. The first-order valence-electron chi connectivity index (χ1n) is 11.3. The Balaban J connectivity index is 1.26. The van der Waals surface area contributed by atoms with E-state index in [1.807, 2.05) is 12.1 Å². The minimum Gasteiger partial charge on any atom is -0.381 e. The number of carbonyl (C=O) groups is 3. The van der Waals surface area contributed by atoms with Gasteiger partial charge in [-0.2, -0.15) is 0 Å². The molecule has 3 fully saturated rings. The van der Waals surface area contributed by atoms with Crippen molar-refractivity contribution in [2.45, 2.75) is 57.3 Å². The van der Waals surface area contributed by atoms with Crippen LogP contribution in [0.4, 0.5) is 0 Å². The van der Waals surface area contributed by atoms with Crippen LogP contribution in [0.25, 0.3) is 0 Å². The number of imide groups is 1. The van der Waals surface area contributed by atoms with Crippen LogP contribution in [0.3, 0.4) is 0 Å². The van der Waals surface area contributed by atoms with Crippen LogP contribution >= 0.6 is 0 Å². The van der Waals surface area contributed by atoms with Crippen molar-refractivity contribution >= 4 is 17.7 Å². The molecule has 3 saturated heterocycles. The summed E-state index contributed by atoms with van der Waals surface area (Å²) in [5.74, 6) is -0.754. The minimum atomic E-state index is -0.569. The molecule has 1 aromatic rings. The molecule has 0 aliphatic carbocycles. The fourth-order valence-corrected chi connectivity index (χ4v) is 5.59. The molecule has 166 valence electrons. The molecule has 4 aliphatic rings. The Morgan fingerprint density at radius 2 is 2.00 bits per heavy atom. The number of nitrogens with one attached hydrogen (secondary N) is 3. The smallest absolute Gasteiger partial charge is 0.255 e. The van der Waals surface area contributed by atoms with Crippen LogP contribution in [0.1, 0.15) is 53.6 Å². The molecule has 0 radical (unpaired) electrons. The Bertz CT molecular complexity index is 887. The van der Waals surface area contributed by atoms with Gasteiger partial charge in [0.05, 0.1) is 0 Å². The zero-order valence-electron chi connectivity index (χ0n) is 17.7. The predicted molar refractivity (Wildman–Crippen MR) is 113 cm³/mol. The maximum Gasteiger partial charge on any atom is 0.255 e. The number of hydrogen-bond acceptors (Lipinski definition) is 6. The van der Waals surface area contributed by atoms with Crippen molar-refractivity contribution in [3.8, 4) is 0 Å². The zero-order valence-corrected chi connectivity index (χ0v) is 17.7. The van der Waals surface area contributed by atoms with Crippen LogP contribution < -0.4 is 16.0 Å². The number of amides is 3. The lowest BCUT2D eigenvalue weighted by Gasteiger charge is -2.47. The fourth-order valence-electron chi connectivity index (χ4n) is 5.59. The van der Waals surface area contributed by atoms with Gasteiger partial charge in [-0.3, -0.25) is 19.7 Å². The van der Waals surface area contributed by atoms with Crippen molar-refractivity contribution < 1.29 is 19.1 Å². The Kier molecular flexibility index (Phi) is 5.54. The van der Waals surface area contributed by atoms with E-state index in [0.717, 1.165) is 56.7 Å². The van der Waals surface area contributed by atoms with Gasteiger partial charge in [0.25, 0.3) is 5.91 Å². The number of nitrogens with zero attached hydrogens (tertiary/aromatic N) is 1. The first-order valence-corrected chi connectivity index (χ1v) is 11.3. The average molecular weight is 427 g/mol. The van der Waals surface area contributed by atoms with E-state index in [0.29, 0.717) is 36.5 Å². The summed E-state index contributed by atoms with van der Waals surface area (Å²) in [7, 11) is 0. The van der Waals surface area contributed by atoms with Crippen molar-refractivity contribution in [2.75, 3.05) is 26.3 Å². The second-order valence-corrected chi connectivity index (χ2v) is 9.25. The first kappa shape index (κ1) is 20.6. The van der Waals surface area contributed by atoms with Gasteiger partial charge in [-0.05, 0) is 54.8 Å². The molecule has 0 saturated carbocycles. The van der Waals surface area contributed by atoms with Crippen LogP contribution in [-0.2, 0) is 27.4 Å². The maximum atomic E-state index is 13.0. The van der Waals surface area contributed by atoms with Crippen molar-refractivity contribution in [2.24, 2.45) is 5.41 Å². The largest absolute Gasteiger partial charge is 0.381 e. The van der Waals surface area contributed by atoms with E-state index < -0.39 is 6.04 Å². The number of hydrogen-bond donors (Lipinski definition) is 3. The molecule has 5 rings (SSSR count). The number of piperidine rings is 2. The van der Waals surface area contributed by atoms with E-state index in [1.54, 1.807) is 4.90 Å². The molecule has 3 N–H and O–H groups in total. The van der Waals surface area contributed by atoms with Crippen molar-refractivity contribution in [3.05, 3.63) is 34.9 Å². The summed E-state index contributed by atoms with van der Waals surface area (Å²) >= 11 is 0. The minimum absolute atomic E-state index is 0.119. The molecule has 8 nitrogen and oxygen atoms in total. The SMILES string of the molecule is O=C1CCC(N2Cc3ccc(CNC4CNCCC45CCOCC5)cc3C2=O)C(=O)N1. The molecule has 1 spiro atoms. The van der Waals surface area contributed by atoms with Crippen LogP contribution in [-0.4, -0.2) is 61.0 Å². The van der Waals surface area contributed by atoms with Crippen LogP contribution in [0.5, 0.6) is 0 Å². The van der Waals surface area contributed by atoms with Crippen molar-refractivity contribution in [1.29, 1.82) is 0 Å². The monoisotopic (exact) mass is 426 g/mol. The van der Waals surface area contributed by atoms with E-state index >= 15 is 0 Å². The molecule has 4 aliphatic heterocycles. The third-order valence-corrected chi connectivity index (χ3v) is 7.52. The summed E-state index contributed by atoms with van der Waals surface area (Å²) in [5, 5.41) is 9.61. The molecule has 4 heterocycles. The number of carbonyl (C=O) groups excluding carboxylic acids is 3. The molecule has 0 aromatic heterocycles. The van der Waals surface area contributed by atoms with Crippen LogP contribution in [0.15, 0.2) is 18.2 Å². The molecule has 3 amide bonds. The summed E-state index contributed by atoms with van der Waals surface area (Å²) < 4.78 is 5.61. The predicted octanol–water partition coefficient (Wildman–Crippen LogP) is 0.696. The van der Waals surface area contributed by atoms with Gasteiger partial charge >= 0.3 is 0 Å².